The summed E-state index contributed by atoms with van der Waals surface area (Å²) in [5, 5.41) is 0. The van der Waals surface area contributed by atoms with Gasteiger partial charge in [-0.2, -0.15) is 0 Å². The Bertz CT molecular complexity index is 396. The largest absolute Gasteiger partial charge is 0.468 e. The molecule has 0 amide bonds. The van der Waals surface area contributed by atoms with Crippen molar-refractivity contribution in [3.63, 3.8) is 0 Å². The Labute approximate surface area is 99.0 Å². The van der Waals surface area contributed by atoms with Crippen molar-refractivity contribution in [3.8, 4) is 0 Å². The highest BCUT2D eigenvalue weighted by molar-refractivity contribution is 5.71. The number of hydrogen-bond donors (Lipinski definition) is 0. The van der Waals surface area contributed by atoms with Gasteiger partial charge in [-0.1, -0.05) is 6.07 Å². The fourth-order valence-electron chi connectivity index (χ4n) is 1.40. The van der Waals surface area contributed by atoms with E-state index in [0.717, 1.165) is 6.07 Å². The minimum absolute atomic E-state index is 0.152. The molecular weight excluding hydrogens is 228 g/mol. The van der Waals surface area contributed by atoms with Gasteiger partial charge >= 0.3 is 5.97 Å². The highest BCUT2D eigenvalue weighted by Gasteiger charge is 2.08. The first-order valence-corrected chi connectivity index (χ1v) is 5.22. The molecule has 3 nitrogen and oxygen atoms in total. The van der Waals surface area contributed by atoms with Gasteiger partial charge in [0.15, 0.2) is 0 Å². The van der Waals surface area contributed by atoms with Crippen molar-refractivity contribution in [2.24, 2.45) is 0 Å². The van der Waals surface area contributed by atoms with E-state index in [1.54, 1.807) is 11.9 Å². The number of methoxy groups -OCH3 is 1. The van der Waals surface area contributed by atoms with Crippen LogP contribution in [0.15, 0.2) is 18.2 Å². The van der Waals surface area contributed by atoms with Crippen molar-refractivity contribution in [2.75, 3.05) is 27.2 Å². The Morgan fingerprint density at radius 2 is 2.12 bits per heavy atom. The molecule has 0 aliphatic rings. The molecule has 0 saturated heterocycles. The molecule has 0 spiro atoms. The van der Waals surface area contributed by atoms with Crippen LogP contribution in [-0.2, 0) is 16.0 Å². The third kappa shape index (κ3) is 4.48. The maximum absolute atomic E-state index is 13.3. The van der Waals surface area contributed by atoms with Crippen LogP contribution < -0.4 is 0 Å². The quantitative estimate of drug-likeness (QED) is 0.736. The molecule has 0 fully saturated rings. The monoisotopic (exact) mass is 243 g/mol. The SMILES string of the molecule is COC(=O)CN(C)CCc1ccc(F)cc1F. The zero-order chi connectivity index (χ0) is 12.8. The van der Waals surface area contributed by atoms with E-state index in [1.165, 1.54) is 19.2 Å². The molecule has 1 aromatic rings. The molecule has 0 bridgehead atoms. The third-order valence-electron chi connectivity index (χ3n) is 2.40. The topological polar surface area (TPSA) is 29.5 Å². The Balaban J connectivity index is 2.47. The van der Waals surface area contributed by atoms with Crippen LogP contribution in [0.25, 0.3) is 0 Å². The molecule has 0 aliphatic heterocycles. The fourth-order valence-corrected chi connectivity index (χ4v) is 1.40. The van der Waals surface area contributed by atoms with Crippen LogP contribution in [0, 0.1) is 11.6 Å². The first-order valence-electron chi connectivity index (χ1n) is 5.22. The zero-order valence-electron chi connectivity index (χ0n) is 9.87. The molecule has 0 aliphatic carbocycles. The van der Waals surface area contributed by atoms with Crippen molar-refractivity contribution < 1.29 is 18.3 Å². The zero-order valence-corrected chi connectivity index (χ0v) is 9.87. The van der Waals surface area contributed by atoms with E-state index in [0.29, 0.717) is 18.5 Å². The van der Waals surface area contributed by atoms with Gasteiger partial charge in [0.05, 0.1) is 13.7 Å². The van der Waals surface area contributed by atoms with Gasteiger partial charge in [0.1, 0.15) is 11.6 Å². The number of halogens is 2. The normalized spacial score (nSPS) is 10.6. The number of rotatable bonds is 5. The van der Waals surface area contributed by atoms with Crippen molar-refractivity contribution in [2.45, 2.75) is 6.42 Å². The summed E-state index contributed by atoms with van der Waals surface area (Å²) < 4.78 is 30.4. The van der Waals surface area contributed by atoms with Crippen LogP contribution >= 0.6 is 0 Å². The van der Waals surface area contributed by atoms with E-state index in [9.17, 15) is 13.6 Å². The Morgan fingerprint density at radius 1 is 1.41 bits per heavy atom. The Kier molecular flexibility index (Phi) is 5.03. The number of likely N-dealkylation sites (N-methyl/N-ethyl adjacent to an activating group) is 1. The Morgan fingerprint density at radius 3 is 2.71 bits per heavy atom. The van der Waals surface area contributed by atoms with Gasteiger partial charge in [0, 0.05) is 12.6 Å². The van der Waals surface area contributed by atoms with Crippen LogP contribution in [0.4, 0.5) is 8.78 Å². The van der Waals surface area contributed by atoms with E-state index >= 15 is 0 Å². The van der Waals surface area contributed by atoms with Gasteiger partial charge in [-0.3, -0.25) is 9.69 Å². The highest BCUT2D eigenvalue weighted by Crippen LogP contribution is 2.10. The van der Waals surface area contributed by atoms with Crippen LogP contribution in [0.3, 0.4) is 0 Å². The molecular formula is C12H15F2NO2. The van der Waals surface area contributed by atoms with Crippen molar-refractivity contribution >= 4 is 5.97 Å². The second-order valence-electron chi connectivity index (χ2n) is 3.80. The summed E-state index contributed by atoms with van der Waals surface area (Å²) in [6.45, 7) is 0.650. The maximum Gasteiger partial charge on any atom is 0.319 e. The van der Waals surface area contributed by atoms with Crippen LogP contribution in [0.1, 0.15) is 5.56 Å². The van der Waals surface area contributed by atoms with E-state index < -0.39 is 11.6 Å². The number of ether oxygens (including phenoxy) is 1. The second-order valence-corrected chi connectivity index (χ2v) is 3.80. The molecule has 1 rings (SSSR count). The lowest BCUT2D eigenvalue weighted by molar-refractivity contribution is -0.141. The summed E-state index contributed by atoms with van der Waals surface area (Å²) in [7, 11) is 3.05. The predicted octanol–water partition coefficient (Wildman–Crippen LogP) is 1.61. The minimum atomic E-state index is -0.589. The summed E-state index contributed by atoms with van der Waals surface area (Å²) in [5.74, 6) is -1.49. The summed E-state index contributed by atoms with van der Waals surface area (Å²) in [5.41, 5.74) is 0.433. The van der Waals surface area contributed by atoms with E-state index in [2.05, 4.69) is 4.74 Å². The highest BCUT2D eigenvalue weighted by atomic mass is 19.1. The van der Waals surface area contributed by atoms with Crippen LogP contribution in [0.5, 0.6) is 0 Å². The molecule has 0 N–H and O–H groups in total. The van der Waals surface area contributed by atoms with Gasteiger partial charge in [0.2, 0.25) is 0 Å². The third-order valence-corrected chi connectivity index (χ3v) is 2.40. The standard InChI is InChI=1S/C12H15F2NO2/c1-15(8-12(16)17-2)6-5-9-3-4-10(13)7-11(9)14/h3-4,7H,5-6,8H2,1-2H3. The molecule has 94 valence electrons. The van der Waals surface area contributed by atoms with Crippen molar-refractivity contribution in [1.29, 1.82) is 0 Å². The molecule has 0 atom stereocenters. The van der Waals surface area contributed by atoms with E-state index in [4.69, 9.17) is 0 Å². The van der Waals surface area contributed by atoms with Crippen LogP contribution in [0.2, 0.25) is 0 Å². The number of carbonyl (C=O) groups excluding carboxylic acids is 1. The maximum atomic E-state index is 13.3. The van der Waals surface area contributed by atoms with Gasteiger partial charge in [-0.05, 0) is 25.1 Å². The summed E-state index contributed by atoms with van der Waals surface area (Å²) >= 11 is 0. The van der Waals surface area contributed by atoms with E-state index in [1.807, 2.05) is 0 Å². The van der Waals surface area contributed by atoms with Gasteiger partial charge in [-0.15, -0.1) is 0 Å². The van der Waals surface area contributed by atoms with E-state index in [-0.39, 0.29) is 12.5 Å². The first-order chi connectivity index (χ1) is 8.02. The molecule has 0 radical (unpaired) electrons. The fraction of sp³-hybridized carbons (Fsp3) is 0.417. The molecule has 0 heterocycles. The number of benzene rings is 1. The lowest BCUT2D eigenvalue weighted by Crippen LogP contribution is -2.28. The number of nitrogens with zero attached hydrogens (tertiary/aromatic N) is 1. The Hall–Kier alpha value is -1.49. The second kappa shape index (κ2) is 6.30. The molecule has 0 saturated carbocycles. The molecule has 1 aromatic carbocycles. The van der Waals surface area contributed by atoms with Crippen molar-refractivity contribution in [3.05, 3.63) is 35.4 Å². The molecule has 5 heteroatoms. The van der Waals surface area contributed by atoms with Crippen molar-refractivity contribution in [1.82, 2.24) is 4.90 Å². The van der Waals surface area contributed by atoms with Gasteiger partial charge in [0.25, 0.3) is 0 Å². The number of hydrogen-bond acceptors (Lipinski definition) is 3. The summed E-state index contributed by atoms with van der Waals surface area (Å²) in [6, 6.07) is 3.49. The summed E-state index contributed by atoms with van der Waals surface area (Å²) in [6.07, 6.45) is 0.416. The average Bonchev–Trinajstić information content (AvgIpc) is 2.27. The smallest absolute Gasteiger partial charge is 0.319 e. The predicted molar refractivity (Wildman–Crippen MR) is 59.6 cm³/mol. The number of esters is 1. The van der Waals surface area contributed by atoms with Crippen LogP contribution in [-0.4, -0.2) is 38.1 Å². The average molecular weight is 243 g/mol. The van der Waals surface area contributed by atoms with Gasteiger partial charge < -0.3 is 4.74 Å². The van der Waals surface area contributed by atoms with Gasteiger partial charge in [-0.25, -0.2) is 8.78 Å². The summed E-state index contributed by atoms with van der Waals surface area (Å²) in [4.78, 5) is 12.7. The number of carbonyl (C=O) groups is 1. The molecule has 0 unspecified atom stereocenters. The lowest BCUT2D eigenvalue weighted by atomic mass is 10.1. The minimum Gasteiger partial charge on any atom is -0.468 e. The molecule has 17 heavy (non-hydrogen) atoms. The molecule has 0 aromatic heterocycles. The first kappa shape index (κ1) is 13.6. The lowest BCUT2D eigenvalue weighted by Gasteiger charge is -2.14.